The Morgan fingerprint density at radius 1 is 0.542 bits per heavy atom. The van der Waals surface area contributed by atoms with Gasteiger partial charge >= 0.3 is 0 Å². The summed E-state index contributed by atoms with van der Waals surface area (Å²) in [6.07, 6.45) is 9.97. The molecule has 432 valence electrons. The molecule has 0 saturated carbocycles. The number of likely N-dealkylation sites (N-methyl/N-ethyl adjacent to an activating group) is 2. The van der Waals surface area contributed by atoms with Gasteiger partial charge in [0.05, 0.1) is 24.2 Å². The van der Waals surface area contributed by atoms with Crippen LogP contribution in [0.2, 0.25) is 0 Å². The van der Waals surface area contributed by atoms with Crippen molar-refractivity contribution in [3.8, 4) is 0 Å². The largest absolute Gasteiger partial charge is 0.343 e. The first kappa shape index (κ1) is 60.2. The summed E-state index contributed by atoms with van der Waals surface area (Å²) in [5, 5.41) is 17.4. The van der Waals surface area contributed by atoms with Gasteiger partial charge < -0.3 is 41.7 Å². The molecule has 18 nitrogen and oxygen atoms in total. The van der Waals surface area contributed by atoms with Gasteiger partial charge in [-0.1, -0.05) is 24.3 Å². The van der Waals surface area contributed by atoms with E-state index in [-0.39, 0.29) is 60.4 Å². The van der Waals surface area contributed by atoms with E-state index in [1.165, 1.54) is 60.9 Å². The number of amides is 6. The van der Waals surface area contributed by atoms with E-state index >= 15 is 0 Å². The molecule has 0 spiro atoms. The number of hydrogen-bond donors (Lipinski definition) is 6. The number of nitrogens with zero attached hydrogens (tertiary/aromatic N) is 4. The molecule has 0 aliphatic carbocycles. The smallest absolute Gasteiger partial charge is 0.250 e. The number of unbranched alkanes of at least 4 members (excludes halogenated alkanes) is 1. The highest BCUT2D eigenvalue weighted by Crippen LogP contribution is 2.36. The quantitative estimate of drug-likeness (QED) is 0.0255. The van der Waals surface area contributed by atoms with Crippen molar-refractivity contribution < 1.29 is 47.1 Å². The summed E-state index contributed by atoms with van der Waals surface area (Å²) in [5.41, 5.74) is 4.74. The first-order chi connectivity index (χ1) is 40.0. The predicted octanol–water partition coefficient (Wildman–Crippen LogP) is 7.48. The summed E-state index contributed by atoms with van der Waals surface area (Å²) < 4.78 is 27.2. The number of rotatable bonds is 24. The molecule has 1 unspecified atom stereocenters. The zero-order chi connectivity index (χ0) is 59.2. The highest BCUT2D eigenvalue weighted by atomic mass is 19.1. The summed E-state index contributed by atoms with van der Waals surface area (Å²) in [5.74, 6) is -3.53. The molecule has 2 aliphatic rings. The molecule has 2 aromatic heterocycles. The van der Waals surface area contributed by atoms with Crippen molar-refractivity contribution in [2.75, 3.05) is 37.8 Å². The van der Waals surface area contributed by atoms with Gasteiger partial charge in [0.1, 0.15) is 23.7 Å². The highest BCUT2D eigenvalue weighted by molar-refractivity contribution is 6.09. The first-order valence-corrected chi connectivity index (χ1v) is 27.9. The van der Waals surface area contributed by atoms with Crippen LogP contribution in [-0.2, 0) is 35.2 Å². The Morgan fingerprint density at radius 2 is 0.976 bits per heavy atom. The minimum absolute atomic E-state index is 0.132. The van der Waals surface area contributed by atoms with Crippen LogP contribution in [0.1, 0.15) is 137 Å². The van der Waals surface area contributed by atoms with Gasteiger partial charge in [0.25, 0.3) is 0 Å². The van der Waals surface area contributed by atoms with Crippen molar-refractivity contribution in [3.05, 3.63) is 190 Å². The lowest BCUT2D eigenvalue weighted by Crippen LogP contribution is -2.53. The number of nitrogens with one attached hydrogen (secondary N) is 6. The molecule has 6 aromatic rings. The number of anilines is 2. The van der Waals surface area contributed by atoms with Crippen LogP contribution in [0.5, 0.6) is 0 Å². The third kappa shape index (κ3) is 15.6. The van der Waals surface area contributed by atoms with Crippen LogP contribution in [0.4, 0.5) is 20.2 Å². The molecule has 0 bridgehead atoms. The number of carbonyl (C=O) groups excluding carboxylic acids is 8. The van der Waals surface area contributed by atoms with Crippen molar-refractivity contribution in [1.82, 2.24) is 41.0 Å². The number of pyridine rings is 2. The van der Waals surface area contributed by atoms with E-state index in [0.717, 1.165) is 5.56 Å². The zero-order valence-corrected chi connectivity index (χ0v) is 46.8. The van der Waals surface area contributed by atoms with Crippen molar-refractivity contribution in [2.45, 2.75) is 108 Å². The second-order valence-electron chi connectivity index (χ2n) is 20.9. The summed E-state index contributed by atoms with van der Waals surface area (Å²) in [4.78, 5) is 120. The summed E-state index contributed by atoms with van der Waals surface area (Å²) in [6, 6.07) is 23.5. The van der Waals surface area contributed by atoms with E-state index in [9.17, 15) is 47.1 Å². The molecule has 6 N–H and O–H groups in total. The van der Waals surface area contributed by atoms with E-state index < -0.39 is 53.8 Å². The minimum Gasteiger partial charge on any atom is -0.343 e. The van der Waals surface area contributed by atoms with Crippen LogP contribution in [0.3, 0.4) is 0 Å². The molecule has 4 heterocycles. The van der Waals surface area contributed by atoms with E-state index in [1.807, 2.05) is 0 Å². The molecule has 0 radical (unpaired) electrons. The topological polar surface area (TPSA) is 241 Å². The third-order valence-corrected chi connectivity index (χ3v) is 15.2. The van der Waals surface area contributed by atoms with Gasteiger partial charge in [0, 0.05) is 90.8 Å². The van der Waals surface area contributed by atoms with Crippen LogP contribution in [0.15, 0.2) is 134 Å². The Kier molecular flexibility index (Phi) is 20.5. The molecule has 20 heteroatoms. The maximum absolute atomic E-state index is 14.5. The molecule has 83 heavy (non-hydrogen) atoms. The number of ketones is 2. The fourth-order valence-corrected chi connectivity index (χ4v) is 10.2. The molecule has 2 saturated heterocycles. The molecule has 6 atom stereocenters. The number of halogens is 2. The fraction of sp³-hybridized carbons (Fsp3) is 0.333. The number of carbonyl (C=O) groups is 8. The van der Waals surface area contributed by atoms with E-state index in [1.54, 1.807) is 111 Å². The van der Waals surface area contributed by atoms with Gasteiger partial charge in [0.2, 0.25) is 35.4 Å². The first-order valence-electron chi connectivity index (χ1n) is 27.9. The zero-order valence-electron chi connectivity index (χ0n) is 46.8. The van der Waals surface area contributed by atoms with Gasteiger partial charge in [0.15, 0.2) is 11.6 Å². The lowest BCUT2D eigenvalue weighted by molar-refractivity contribution is -0.138. The SMILES string of the molecule is CN[C@@H](C)C(=O)NC(C(=O)N1CCC[C@H]1c1cncc(C(=O)c2ccc(F)cc2)c1)c1ccc(NC(=O)CCCCC(=O)Nc2ccc(C[C@H](NC(=O)[C@H](C)NC)C(=O)N3CCC[C@H]3c3cncc(C(=O)c4ccc(F)cc4)c3)cc2)cc1. The predicted molar refractivity (Wildman–Crippen MR) is 308 cm³/mol. The van der Waals surface area contributed by atoms with Crippen LogP contribution < -0.4 is 31.9 Å². The van der Waals surface area contributed by atoms with Gasteiger partial charge in [-0.25, -0.2) is 8.78 Å². The van der Waals surface area contributed by atoms with Gasteiger partial charge in [-0.2, -0.15) is 0 Å². The van der Waals surface area contributed by atoms with Gasteiger partial charge in [-0.15, -0.1) is 0 Å². The lowest BCUT2D eigenvalue weighted by Gasteiger charge is -2.30. The molecule has 6 amide bonds. The summed E-state index contributed by atoms with van der Waals surface area (Å²) in [7, 11) is 3.29. The number of hydrogen-bond acceptors (Lipinski definition) is 12. The fourth-order valence-electron chi connectivity index (χ4n) is 10.2. The van der Waals surface area contributed by atoms with Crippen LogP contribution in [0.25, 0.3) is 0 Å². The Balaban J connectivity index is 0.827. The molecular weight excluding hydrogens is 1060 g/mol. The Bertz CT molecular complexity index is 3310. The summed E-state index contributed by atoms with van der Waals surface area (Å²) in [6.45, 7) is 4.19. The van der Waals surface area contributed by atoms with Crippen molar-refractivity contribution in [2.24, 2.45) is 0 Å². The van der Waals surface area contributed by atoms with Crippen molar-refractivity contribution in [3.63, 3.8) is 0 Å². The average molecular weight is 1130 g/mol. The Morgan fingerprint density at radius 3 is 1.43 bits per heavy atom. The molecular formula is C63H68F2N10O8. The maximum Gasteiger partial charge on any atom is 0.250 e. The number of likely N-dealkylation sites (tertiary alicyclic amines) is 2. The Labute approximate surface area is 480 Å². The Hall–Kier alpha value is -8.88. The van der Waals surface area contributed by atoms with E-state index in [0.29, 0.717) is 102 Å². The van der Waals surface area contributed by atoms with E-state index in [2.05, 4.69) is 41.9 Å². The van der Waals surface area contributed by atoms with Crippen LogP contribution in [-0.4, -0.2) is 112 Å². The average Bonchev–Trinajstić information content (AvgIpc) is 4.01. The second kappa shape index (κ2) is 28.2. The van der Waals surface area contributed by atoms with Gasteiger partial charge in [-0.3, -0.25) is 48.3 Å². The monoisotopic (exact) mass is 1130 g/mol. The van der Waals surface area contributed by atoms with Crippen molar-refractivity contribution in [1.29, 1.82) is 0 Å². The molecule has 2 fully saturated rings. The normalized spacial score (nSPS) is 16.3. The lowest BCUT2D eigenvalue weighted by atomic mass is 9.99. The number of benzene rings is 4. The molecule has 2 aliphatic heterocycles. The third-order valence-electron chi connectivity index (χ3n) is 15.2. The highest BCUT2D eigenvalue weighted by Gasteiger charge is 2.38. The van der Waals surface area contributed by atoms with Crippen LogP contribution >= 0.6 is 0 Å². The van der Waals surface area contributed by atoms with Crippen LogP contribution in [0, 0.1) is 11.6 Å². The minimum atomic E-state index is -1.08. The standard InChI is InChI=1S/C63H68F2N10O8/c1-38(66-3)60(80)72-52(62(82)74-29-7-9-53(74)44-32-46(36-68-34-44)58(78)42-15-21-48(64)22-16-42)31-40-13-25-50(26-14-40)70-55(76)11-5-6-12-56(77)71-51-27-19-41(20-28-51)57(73-61(81)39(2)67-4)63(83)75-30-8-10-54(75)45-33-47(37-69-35-45)59(79)43-17-23-49(65)24-18-43/h13-28,32-39,52-54,57,66-67H,5-12,29-31H2,1-4H3,(H,70,76)(H,71,77)(H,72,80)(H,73,81)/t38-,39-,52-,53-,54-,57?/m0/s1. The molecule has 4 aromatic carbocycles. The summed E-state index contributed by atoms with van der Waals surface area (Å²) >= 11 is 0. The van der Waals surface area contributed by atoms with Crippen molar-refractivity contribution >= 4 is 58.4 Å². The maximum atomic E-state index is 14.5. The van der Waals surface area contributed by atoms with Gasteiger partial charge in [-0.05, 0) is 174 Å². The second-order valence-corrected chi connectivity index (χ2v) is 20.9. The van der Waals surface area contributed by atoms with E-state index in [4.69, 9.17) is 0 Å². The number of aromatic nitrogens is 2. The molecule has 8 rings (SSSR count).